The predicted octanol–water partition coefficient (Wildman–Crippen LogP) is 5.23. The number of hydrogen-bond acceptors (Lipinski definition) is 4. The van der Waals surface area contributed by atoms with E-state index < -0.39 is 0 Å². The second-order valence-corrected chi connectivity index (χ2v) is 7.98. The molecule has 1 aliphatic carbocycles. The van der Waals surface area contributed by atoms with E-state index in [1.165, 1.54) is 12.8 Å². The number of pyridine rings is 1. The minimum Gasteiger partial charge on any atom is -0.497 e. The van der Waals surface area contributed by atoms with Gasteiger partial charge in [0.25, 0.3) is 5.91 Å². The molecule has 1 fully saturated rings. The van der Waals surface area contributed by atoms with Crippen LogP contribution < -0.4 is 14.8 Å². The fraction of sp³-hybridized carbons (Fsp3) is 0.360. The van der Waals surface area contributed by atoms with E-state index >= 15 is 0 Å². The first-order valence-corrected chi connectivity index (χ1v) is 10.5. The highest BCUT2D eigenvalue weighted by Crippen LogP contribution is 2.34. The second-order valence-electron chi connectivity index (χ2n) is 7.98. The molecule has 1 amide bonds. The monoisotopic (exact) mass is 404 g/mol. The van der Waals surface area contributed by atoms with Gasteiger partial charge >= 0.3 is 0 Å². The number of hydrogen-bond donors (Lipinski definition) is 1. The smallest absolute Gasteiger partial charge is 0.252 e. The highest BCUT2D eigenvalue weighted by Gasteiger charge is 2.24. The van der Waals surface area contributed by atoms with E-state index in [0.717, 1.165) is 29.3 Å². The van der Waals surface area contributed by atoms with Gasteiger partial charge in [0.2, 0.25) is 0 Å². The van der Waals surface area contributed by atoms with Crippen LogP contribution in [0.1, 0.15) is 43.0 Å². The standard InChI is InChI=1S/C25H28N2O3/c1-16-8-4-6-10-21(16)27-25(28)20-15-23(26-22-11-7-5-9-18(20)22)19-13-12-17(29-2)14-24(19)30-3/h5,7,9,11-16,21H,4,6,8,10H2,1-3H3,(H,27,28)/t16-,21-/m1/s1. The molecule has 1 saturated carbocycles. The molecule has 0 aliphatic heterocycles. The molecule has 3 aromatic rings. The zero-order chi connectivity index (χ0) is 21.1. The van der Waals surface area contributed by atoms with Crippen LogP contribution in [0.5, 0.6) is 11.5 Å². The molecule has 0 radical (unpaired) electrons. The Bertz CT molecular complexity index is 1060. The van der Waals surface area contributed by atoms with E-state index in [1.54, 1.807) is 14.2 Å². The summed E-state index contributed by atoms with van der Waals surface area (Å²) in [5.41, 5.74) is 2.96. The van der Waals surface area contributed by atoms with Gasteiger partial charge in [-0.2, -0.15) is 0 Å². The summed E-state index contributed by atoms with van der Waals surface area (Å²) in [5, 5.41) is 4.14. The number of ether oxygens (including phenoxy) is 2. The molecule has 2 atom stereocenters. The van der Waals surface area contributed by atoms with Crippen LogP contribution in [-0.4, -0.2) is 31.2 Å². The van der Waals surface area contributed by atoms with Crippen molar-refractivity contribution in [3.8, 4) is 22.8 Å². The third-order valence-corrected chi connectivity index (χ3v) is 6.07. The number of aromatic nitrogens is 1. The van der Waals surface area contributed by atoms with Crippen molar-refractivity contribution in [3.05, 3.63) is 54.1 Å². The van der Waals surface area contributed by atoms with Gasteiger partial charge in [-0.1, -0.05) is 38.0 Å². The first kappa shape index (κ1) is 20.2. The molecule has 1 aromatic heterocycles. The number of carbonyl (C=O) groups is 1. The molecule has 1 heterocycles. The molecule has 5 heteroatoms. The number of carbonyl (C=O) groups excluding carboxylic acids is 1. The first-order valence-electron chi connectivity index (χ1n) is 10.5. The third-order valence-electron chi connectivity index (χ3n) is 6.07. The Morgan fingerprint density at radius 2 is 1.83 bits per heavy atom. The van der Waals surface area contributed by atoms with Crippen LogP contribution in [0.4, 0.5) is 0 Å². The maximum Gasteiger partial charge on any atom is 0.252 e. The summed E-state index contributed by atoms with van der Waals surface area (Å²) < 4.78 is 10.9. The van der Waals surface area contributed by atoms with Gasteiger partial charge in [-0.05, 0) is 43.0 Å². The highest BCUT2D eigenvalue weighted by atomic mass is 16.5. The minimum atomic E-state index is -0.0407. The van der Waals surface area contributed by atoms with Gasteiger partial charge in [-0.25, -0.2) is 4.98 Å². The summed E-state index contributed by atoms with van der Waals surface area (Å²) in [4.78, 5) is 18.1. The fourth-order valence-corrected chi connectivity index (χ4v) is 4.29. The van der Waals surface area contributed by atoms with Crippen LogP contribution in [0.25, 0.3) is 22.2 Å². The number of benzene rings is 2. The average Bonchev–Trinajstić information content (AvgIpc) is 2.79. The van der Waals surface area contributed by atoms with Crippen LogP contribution >= 0.6 is 0 Å². The number of nitrogens with one attached hydrogen (secondary N) is 1. The lowest BCUT2D eigenvalue weighted by Crippen LogP contribution is -2.41. The summed E-state index contributed by atoms with van der Waals surface area (Å²) in [6, 6.07) is 15.5. The lowest BCUT2D eigenvalue weighted by Gasteiger charge is -2.29. The van der Waals surface area contributed by atoms with Gasteiger partial charge < -0.3 is 14.8 Å². The molecule has 156 valence electrons. The molecule has 2 aromatic carbocycles. The topological polar surface area (TPSA) is 60.5 Å². The molecule has 0 saturated heterocycles. The summed E-state index contributed by atoms with van der Waals surface area (Å²) in [5.74, 6) is 1.82. The van der Waals surface area contributed by atoms with Crippen molar-refractivity contribution in [1.82, 2.24) is 10.3 Å². The Morgan fingerprint density at radius 1 is 1.03 bits per heavy atom. The number of para-hydroxylation sites is 1. The zero-order valence-corrected chi connectivity index (χ0v) is 17.8. The molecule has 0 spiro atoms. The van der Waals surface area contributed by atoms with Gasteiger partial charge in [0.1, 0.15) is 11.5 Å². The maximum atomic E-state index is 13.3. The maximum absolute atomic E-state index is 13.3. The van der Waals surface area contributed by atoms with Crippen LogP contribution in [0.3, 0.4) is 0 Å². The molecule has 1 N–H and O–H groups in total. The quantitative estimate of drug-likeness (QED) is 0.633. The van der Waals surface area contributed by atoms with Gasteiger partial charge in [-0.3, -0.25) is 4.79 Å². The average molecular weight is 405 g/mol. The number of methoxy groups -OCH3 is 2. The number of amides is 1. The molecule has 4 rings (SSSR count). The summed E-state index contributed by atoms with van der Waals surface area (Å²) in [7, 11) is 3.24. The van der Waals surface area contributed by atoms with E-state index in [0.29, 0.717) is 28.7 Å². The van der Waals surface area contributed by atoms with Crippen LogP contribution in [-0.2, 0) is 0 Å². The lowest BCUT2D eigenvalue weighted by atomic mass is 9.85. The van der Waals surface area contributed by atoms with Crippen LogP contribution in [0.2, 0.25) is 0 Å². The number of nitrogens with zero attached hydrogens (tertiary/aromatic N) is 1. The van der Waals surface area contributed by atoms with Crippen LogP contribution in [0.15, 0.2) is 48.5 Å². The molecular weight excluding hydrogens is 376 g/mol. The largest absolute Gasteiger partial charge is 0.497 e. The molecule has 30 heavy (non-hydrogen) atoms. The van der Waals surface area contributed by atoms with Crippen molar-refractivity contribution in [3.63, 3.8) is 0 Å². The van der Waals surface area contributed by atoms with E-state index in [-0.39, 0.29) is 11.9 Å². The van der Waals surface area contributed by atoms with Gasteiger partial charge in [0.15, 0.2) is 0 Å². The van der Waals surface area contributed by atoms with Crippen molar-refractivity contribution in [2.24, 2.45) is 5.92 Å². The summed E-state index contributed by atoms with van der Waals surface area (Å²) in [6.07, 6.45) is 4.61. The van der Waals surface area contributed by atoms with Gasteiger partial charge in [0, 0.05) is 23.1 Å². The normalized spacial score (nSPS) is 18.8. The molecule has 5 nitrogen and oxygen atoms in total. The van der Waals surface area contributed by atoms with Crippen molar-refractivity contribution < 1.29 is 14.3 Å². The van der Waals surface area contributed by atoms with Gasteiger partial charge in [-0.15, -0.1) is 0 Å². The molecule has 0 bridgehead atoms. The van der Waals surface area contributed by atoms with Gasteiger partial charge in [0.05, 0.1) is 31.0 Å². The molecule has 0 unspecified atom stereocenters. The third kappa shape index (κ3) is 3.97. The van der Waals surface area contributed by atoms with E-state index in [9.17, 15) is 4.79 Å². The zero-order valence-electron chi connectivity index (χ0n) is 17.8. The van der Waals surface area contributed by atoms with E-state index in [2.05, 4.69) is 12.2 Å². The van der Waals surface area contributed by atoms with E-state index in [1.807, 2.05) is 48.5 Å². The Kier molecular flexibility index (Phi) is 5.88. The fourth-order valence-electron chi connectivity index (χ4n) is 4.29. The van der Waals surface area contributed by atoms with Crippen molar-refractivity contribution in [2.75, 3.05) is 14.2 Å². The van der Waals surface area contributed by atoms with Crippen molar-refractivity contribution in [2.45, 2.75) is 38.6 Å². The first-order chi connectivity index (χ1) is 14.6. The lowest BCUT2D eigenvalue weighted by molar-refractivity contribution is 0.0912. The number of fused-ring (bicyclic) bond motifs is 1. The Balaban J connectivity index is 1.77. The Hall–Kier alpha value is -3.08. The summed E-state index contributed by atoms with van der Waals surface area (Å²) in [6.45, 7) is 2.22. The van der Waals surface area contributed by atoms with Crippen LogP contribution in [0, 0.1) is 5.92 Å². The highest BCUT2D eigenvalue weighted by molar-refractivity contribution is 6.07. The minimum absolute atomic E-state index is 0.0407. The van der Waals surface area contributed by atoms with Crippen molar-refractivity contribution in [1.29, 1.82) is 0 Å². The molecular formula is C25H28N2O3. The molecule has 1 aliphatic rings. The van der Waals surface area contributed by atoms with E-state index in [4.69, 9.17) is 14.5 Å². The predicted molar refractivity (Wildman–Crippen MR) is 119 cm³/mol. The SMILES string of the molecule is COc1ccc(-c2cc(C(=O)N[C@@H]3CCCC[C@H]3C)c3ccccc3n2)c(OC)c1. The second kappa shape index (κ2) is 8.74. The summed E-state index contributed by atoms with van der Waals surface area (Å²) >= 11 is 0. The Morgan fingerprint density at radius 3 is 2.60 bits per heavy atom. The Labute approximate surface area is 177 Å². The number of rotatable bonds is 5. The van der Waals surface area contributed by atoms with Crippen molar-refractivity contribution >= 4 is 16.8 Å².